The van der Waals surface area contributed by atoms with E-state index in [1.54, 1.807) is 0 Å². The Morgan fingerprint density at radius 3 is 2.71 bits per heavy atom. The lowest BCUT2D eigenvalue weighted by Crippen LogP contribution is -2.43. The first-order valence-corrected chi connectivity index (χ1v) is 10.5. The van der Waals surface area contributed by atoms with Gasteiger partial charge in [-0.2, -0.15) is 4.31 Å². The number of sulfonamides is 1. The van der Waals surface area contributed by atoms with Gasteiger partial charge in [0.05, 0.1) is 10.8 Å². The first kappa shape index (κ1) is 18.6. The van der Waals surface area contributed by atoms with Gasteiger partial charge in [-0.15, -0.1) is 0 Å². The number of piperidine rings is 1. The van der Waals surface area contributed by atoms with Crippen molar-refractivity contribution in [2.75, 3.05) is 18.4 Å². The molecular weight excluding hydrogens is 381 g/mol. The van der Waals surface area contributed by atoms with Crippen LogP contribution in [-0.4, -0.2) is 36.7 Å². The number of carbonyl (C=O) groups is 1. The van der Waals surface area contributed by atoms with Gasteiger partial charge in [-0.3, -0.25) is 4.79 Å². The summed E-state index contributed by atoms with van der Waals surface area (Å²) < 4.78 is 40.0. The van der Waals surface area contributed by atoms with Gasteiger partial charge >= 0.3 is 0 Å². The molecule has 0 radical (unpaired) electrons. The van der Waals surface area contributed by atoms with Crippen molar-refractivity contribution < 1.29 is 17.6 Å². The number of hydrogen-bond donors (Lipinski definition) is 2. The number of aromatic amines is 1. The average Bonchev–Trinajstić information content (AvgIpc) is 3.16. The van der Waals surface area contributed by atoms with Crippen molar-refractivity contribution in [1.82, 2.24) is 9.29 Å². The van der Waals surface area contributed by atoms with Crippen LogP contribution >= 0.6 is 0 Å². The van der Waals surface area contributed by atoms with E-state index in [0.717, 1.165) is 23.0 Å². The quantitative estimate of drug-likeness (QED) is 0.703. The molecule has 0 bridgehead atoms. The van der Waals surface area contributed by atoms with Crippen LogP contribution < -0.4 is 5.32 Å². The maximum Gasteiger partial charge on any atom is 0.243 e. The van der Waals surface area contributed by atoms with Crippen LogP contribution in [0, 0.1) is 11.7 Å². The summed E-state index contributed by atoms with van der Waals surface area (Å²) in [5, 5.41) is 3.88. The number of rotatable bonds is 4. The Labute approximate surface area is 162 Å². The Morgan fingerprint density at radius 1 is 1.14 bits per heavy atom. The first-order chi connectivity index (χ1) is 13.4. The minimum absolute atomic E-state index is 0.0351. The number of nitrogens with one attached hydrogen (secondary N) is 2. The summed E-state index contributed by atoms with van der Waals surface area (Å²) in [6.45, 7) is 0.455. The zero-order valence-electron chi connectivity index (χ0n) is 15.1. The predicted molar refractivity (Wildman–Crippen MR) is 105 cm³/mol. The number of benzene rings is 2. The van der Waals surface area contributed by atoms with Crippen molar-refractivity contribution >= 4 is 32.5 Å². The fraction of sp³-hybridized carbons (Fsp3) is 0.250. The summed E-state index contributed by atoms with van der Waals surface area (Å²) in [6, 6.07) is 12.2. The normalized spacial score (nSPS) is 18.2. The molecular formula is C20H20FN3O3S. The van der Waals surface area contributed by atoms with Gasteiger partial charge < -0.3 is 10.3 Å². The van der Waals surface area contributed by atoms with E-state index < -0.39 is 21.8 Å². The third-order valence-electron chi connectivity index (χ3n) is 5.03. The minimum atomic E-state index is -3.76. The first-order valence-electron chi connectivity index (χ1n) is 9.07. The topological polar surface area (TPSA) is 82.3 Å². The molecule has 28 heavy (non-hydrogen) atoms. The molecule has 2 heterocycles. The van der Waals surface area contributed by atoms with Crippen molar-refractivity contribution in [3.8, 4) is 0 Å². The highest BCUT2D eigenvalue weighted by atomic mass is 32.2. The summed E-state index contributed by atoms with van der Waals surface area (Å²) in [5.41, 5.74) is 1.66. The fourth-order valence-electron chi connectivity index (χ4n) is 3.51. The van der Waals surface area contributed by atoms with E-state index in [4.69, 9.17) is 0 Å². The SMILES string of the molecule is O=C(Nc1ccc2[nH]ccc2c1)[C@@H]1CCCN(S(=O)(=O)c2ccc(F)cc2)C1. The van der Waals surface area contributed by atoms with Crippen molar-refractivity contribution in [3.05, 3.63) is 60.5 Å². The summed E-state index contributed by atoms with van der Waals surface area (Å²) in [6.07, 6.45) is 3.04. The lowest BCUT2D eigenvalue weighted by atomic mass is 9.98. The van der Waals surface area contributed by atoms with Crippen molar-refractivity contribution in [1.29, 1.82) is 0 Å². The highest BCUT2D eigenvalue weighted by Crippen LogP contribution is 2.25. The molecule has 4 rings (SSSR count). The smallest absolute Gasteiger partial charge is 0.243 e. The Balaban J connectivity index is 1.48. The van der Waals surface area contributed by atoms with E-state index >= 15 is 0 Å². The van der Waals surface area contributed by atoms with Crippen LogP contribution in [-0.2, 0) is 14.8 Å². The zero-order valence-corrected chi connectivity index (χ0v) is 15.9. The molecule has 1 aliphatic rings. The monoisotopic (exact) mass is 401 g/mol. The van der Waals surface area contributed by atoms with Crippen LogP contribution in [0.25, 0.3) is 10.9 Å². The van der Waals surface area contributed by atoms with Crippen molar-refractivity contribution in [3.63, 3.8) is 0 Å². The van der Waals surface area contributed by atoms with Crippen LogP contribution in [0.4, 0.5) is 10.1 Å². The van der Waals surface area contributed by atoms with Crippen LogP contribution in [0.5, 0.6) is 0 Å². The third kappa shape index (κ3) is 3.65. The maximum atomic E-state index is 13.1. The van der Waals surface area contributed by atoms with E-state index in [2.05, 4.69) is 10.3 Å². The highest BCUT2D eigenvalue weighted by Gasteiger charge is 2.33. The van der Waals surface area contributed by atoms with Gasteiger partial charge in [0.2, 0.25) is 15.9 Å². The molecule has 1 aliphatic heterocycles. The Bertz CT molecular complexity index is 1110. The second-order valence-corrected chi connectivity index (χ2v) is 8.86. The second-order valence-electron chi connectivity index (χ2n) is 6.93. The fourth-order valence-corrected chi connectivity index (χ4v) is 5.03. The van der Waals surface area contributed by atoms with E-state index in [1.165, 1.54) is 16.4 Å². The number of hydrogen-bond acceptors (Lipinski definition) is 3. The molecule has 1 aromatic heterocycles. The Hall–Kier alpha value is -2.71. The number of carbonyl (C=O) groups excluding carboxylic acids is 1. The van der Waals surface area contributed by atoms with E-state index in [-0.39, 0.29) is 17.3 Å². The molecule has 146 valence electrons. The van der Waals surface area contributed by atoms with Gasteiger partial charge in [0.25, 0.3) is 0 Å². The van der Waals surface area contributed by atoms with Crippen LogP contribution in [0.3, 0.4) is 0 Å². The maximum absolute atomic E-state index is 13.1. The third-order valence-corrected chi connectivity index (χ3v) is 6.91. The van der Waals surface area contributed by atoms with E-state index in [1.807, 2.05) is 30.5 Å². The molecule has 0 unspecified atom stereocenters. The van der Waals surface area contributed by atoms with Crippen molar-refractivity contribution in [2.24, 2.45) is 5.92 Å². The summed E-state index contributed by atoms with van der Waals surface area (Å²) in [4.78, 5) is 15.8. The standard InChI is InChI=1S/C20H20FN3O3S/c21-16-3-6-18(7-4-16)28(26,27)24-11-1-2-15(13-24)20(25)23-17-5-8-19-14(12-17)9-10-22-19/h3-10,12,15,22H,1-2,11,13H2,(H,23,25)/t15-/m1/s1. The van der Waals surface area contributed by atoms with Gasteiger partial charge in [0.1, 0.15) is 5.82 Å². The van der Waals surface area contributed by atoms with E-state index in [9.17, 15) is 17.6 Å². The Kier molecular flexibility index (Phi) is 4.91. The second kappa shape index (κ2) is 7.37. The Morgan fingerprint density at radius 2 is 1.93 bits per heavy atom. The molecule has 0 aliphatic carbocycles. The molecule has 1 fully saturated rings. The number of nitrogens with zero attached hydrogens (tertiary/aromatic N) is 1. The van der Waals surface area contributed by atoms with Crippen molar-refractivity contribution in [2.45, 2.75) is 17.7 Å². The average molecular weight is 401 g/mol. The number of anilines is 1. The molecule has 0 spiro atoms. The molecule has 6 nitrogen and oxygen atoms in total. The van der Waals surface area contributed by atoms with Gasteiger partial charge in [0.15, 0.2) is 0 Å². The zero-order chi connectivity index (χ0) is 19.7. The van der Waals surface area contributed by atoms with Gasteiger partial charge in [-0.1, -0.05) is 0 Å². The molecule has 8 heteroatoms. The molecule has 0 saturated carbocycles. The predicted octanol–water partition coefficient (Wildman–Crippen LogP) is 3.35. The highest BCUT2D eigenvalue weighted by molar-refractivity contribution is 7.89. The lowest BCUT2D eigenvalue weighted by Gasteiger charge is -2.31. The minimum Gasteiger partial charge on any atom is -0.361 e. The largest absolute Gasteiger partial charge is 0.361 e. The number of halogens is 1. The number of amides is 1. The molecule has 1 atom stereocenters. The number of fused-ring (bicyclic) bond motifs is 1. The van der Waals surface area contributed by atoms with Crippen LogP contribution in [0.2, 0.25) is 0 Å². The lowest BCUT2D eigenvalue weighted by molar-refractivity contribution is -0.120. The van der Waals surface area contributed by atoms with Gasteiger partial charge in [-0.05, 0) is 61.4 Å². The number of aromatic nitrogens is 1. The van der Waals surface area contributed by atoms with Gasteiger partial charge in [0, 0.05) is 35.9 Å². The molecule has 2 N–H and O–H groups in total. The molecule has 1 saturated heterocycles. The van der Waals surface area contributed by atoms with E-state index in [0.29, 0.717) is 25.1 Å². The van der Waals surface area contributed by atoms with Crippen LogP contribution in [0.1, 0.15) is 12.8 Å². The molecule has 1 amide bonds. The van der Waals surface area contributed by atoms with Crippen LogP contribution in [0.15, 0.2) is 59.6 Å². The summed E-state index contributed by atoms with van der Waals surface area (Å²) >= 11 is 0. The molecule has 2 aromatic carbocycles. The summed E-state index contributed by atoms with van der Waals surface area (Å²) in [7, 11) is -3.76. The molecule has 3 aromatic rings. The van der Waals surface area contributed by atoms with Gasteiger partial charge in [-0.25, -0.2) is 12.8 Å². The summed E-state index contributed by atoms with van der Waals surface area (Å²) in [5.74, 6) is -1.13. The number of H-pyrrole nitrogens is 1.